The molecular formula is C20H22BrN3O4S. The maximum Gasteiger partial charge on any atom is 0.276 e. The summed E-state index contributed by atoms with van der Waals surface area (Å²) in [7, 11) is 1.58. The lowest BCUT2D eigenvalue weighted by Gasteiger charge is -2.12. The highest BCUT2D eigenvalue weighted by Gasteiger charge is 2.09. The Morgan fingerprint density at radius 3 is 2.34 bits per heavy atom. The number of hydrazine groups is 1. The number of methoxy groups -OCH3 is 1. The number of carbonyl (C=O) groups excluding carboxylic acids is 2. The summed E-state index contributed by atoms with van der Waals surface area (Å²) in [5.41, 5.74) is 6.82. The highest BCUT2D eigenvalue weighted by atomic mass is 79.9. The standard InChI is InChI=1S/C20H22BrN3O4S/c1-3-13-6-9-17(16(21)10-13)28-12-19(26)23-24-20(29)22-18(25)11-14-4-7-15(27-2)8-5-14/h4-10H,3,11-12H2,1-2H3,(H,23,26)(H2,22,24,25,29). The first-order valence-corrected chi connectivity index (χ1v) is 10.0. The van der Waals surface area contributed by atoms with Crippen molar-refractivity contribution in [1.29, 1.82) is 0 Å². The van der Waals surface area contributed by atoms with Crippen LogP contribution in [-0.4, -0.2) is 30.6 Å². The second-order valence-corrected chi connectivity index (χ2v) is 7.24. The number of hydrogen-bond acceptors (Lipinski definition) is 5. The number of ether oxygens (including phenoxy) is 2. The van der Waals surface area contributed by atoms with Crippen molar-refractivity contribution in [3.05, 3.63) is 58.1 Å². The highest BCUT2D eigenvalue weighted by Crippen LogP contribution is 2.26. The number of rotatable bonds is 7. The quantitative estimate of drug-likeness (QED) is 0.417. The Balaban J connectivity index is 1.70. The number of halogens is 1. The first kappa shape index (κ1) is 22.6. The zero-order chi connectivity index (χ0) is 21.2. The normalized spacial score (nSPS) is 10.0. The molecule has 3 N–H and O–H groups in total. The molecule has 0 radical (unpaired) electrons. The van der Waals surface area contributed by atoms with E-state index in [0.717, 1.165) is 22.0 Å². The Morgan fingerprint density at radius 2 is 1.72 bits per heavy atom. The van der Waals surface area contributed by atoms with E-state index >= 15 is 0 Å². The summed E-state index contributed by atoms with van der Waals surface area (Å²) in [6.45, 7) is 1.85. The minimum absolute atomic E-state index is 0.00894. The molecule has 0 atom stereocenters. The molecule has 2 aromatic carbocycles. The summed E-state index contributed by atoms with van der Waals surface area (Å²) in [4.78, 5) is 23.9. The van der Waals surface area contributed by atoms with Crippen molar-refractivity contribution < 1.29 is 19.1 Å². The topological polar surface area (TPSA) is 88.7 Å². The van der Waals surface area contributed by atoms with Crippen LogP contribution in [0.5, 0.6) is 11.5 Å². The van der Waals surface area contributed by atoms with E-state index in [0.29, 0.717) is 11.5 Å². The van der Waals surface area contributed by atoms with Gasteiger partial charge in [0.2, 0.25) is 5.91 Å². The van der Waals surface area contributed by atoms with Crippen molar-refractivity contribution in [2.24, 2.45) is 0 Å². The number of hydrogen-bond donors (Lipinski definition) is 3. The molecule has 0 aromatic heterocycles. The average Bonchev–Trinajstić information content (AvgIpc) is 2.71. The Morgan fingerprint density at radius 1 is 1.03 bits per heavy atom. The van der Waals surface area contributed by atoms with Gasteiger partial charge < -0.3 is 14.8 Å². The van der Waals surface area contributed by atoms with Crippen LogP contribution >= 0.6 is 28.1 Å². The van der Waals surface area contributed by atoms with Crippen LogP contribution in [0.2, 0.25) is 0 Å². The predicted octanol–water partition coefficient (Wildman–Crippen LogP) is 2.66. The second kappa shape index (κ2) is 11.4. The van der Waals surface area contributed by atoms with Gasteiger partial charge in [0, 0.05) is 0 Å². The van der Waals surface area contributed by atoms with Gasteiger partial charge in [0.1, 0.15) is 11.5 Å². The number of amides is 2. The SMILES string of the molecule is CCc1ccc(OCC(=O)NNC(=S)NC(=O)Cc2ccc(OC)cc2)c(Br)c1. The van der Waals surface area contributed by atoms with Crippen molar-refractivity contribution in [2.45, 2.75) is 19.8 Å². The maximum atomic E-state index is 12.0. The molecule has 0 saturated heterocycles. The summed E-state index contributed by atoms with van der Waals surface area (Å²) >= 11 is 8.42. The fraction of sp³-hybridized carbons (Fsp3) is 0.250. The van der Waals surface area contributed by atoms with Gasteiger partial charge in [-0.3, -0.25) is 20.4 Å². The van der Waals surface area contributed by atoms with Crippen molar-refractivity contribution in [2.75, 3.05) is 13.7 Å². The molecule has 0 aliphatic heterocycles. The lowest BCUT2D eigenvalue weighted by Crippen LogP contribution is -2.49. The van der Waals surface area contributed by atoms with Crippen LogP contribution in [0.1, 0.15) is 18.1 Å². The van der Waals surface area contributed by atoms with E-state index in [2.05, 4.69) is 39.0 Å². The minimum Gasteiger partial charge on any atom is -0.497 e. The third-order valence-corrected chi connectivity index (χ3v) is 4.68. The van der Waals surface area contributed by atoms with Crippen LogP contribution in [0, 0.1) is 0 Å². The van der Waals surface area contributed by atoms with Gasteiger partial charge in [0.25, 0.3) is 5.91 Å². The average molecular weight is 480 g/mol. The lowest BCUT2D eigenvalue weighted by atomic mass is 10.1. The van der Waals surface area contributed by atoms with Gasteiger partial charge in [-0.05, 0) is 70.0 Å². The van der Waals surface area contributed by atoms with E-state index in [9.17, 15) is 9.59 Å². The Hall–Kier alpha value is -2.65. The molecule has 9 heteroatoms. The Kier molecular flexibility index (Phi) is 8.88. The molecule has 0 bridgehead atoms. The molecule has 0 aliphatic rings. The van der Waals surface area contributed by atoms with E-state index < -0.39 is 5.91 Å². The molecule has 0 aliphatic carbocycles. The molecule has 0 saturated carbocycles. The van der Waals surface area contributed by atoms with Crippen molar-refractivity contribution in [3.63, 3.8) is 0 Å². The lowest BCUT2D eigenvalue weighted by molar-refractivity contribution is -0.124. The summed E-state index contributed by atoms with van der Waals surface area (Å²) < 4.78 is 11.3. The van der Waals surface area contributed by atoms with E-state index in [4.69, 9.17) is 21.7 Å². The van der Waals surface area contributed by atoms with Crippen LogP contribution in [0.25, 0.3) is 0 Å². The molecule has 2 amide bonds. The number of thiocarbonyl (C=S) groups is 1. The zero-order valence-electron chi connectivity index (χ0n) is 16.1. The molecule has 0 fully saturated rings. The van der Waals surface area contributed by atoms with Gasteiger partial charge >= 0.3 is 0 Å². The largest absolute Gasteiger partial charge is 0.497 e. The summed E-state index contributed by atoms with van der Waals surface area (Å²) in [6, 6.07) is 12.8. The van der Waals surface area contributed by atoms with E-state index in [-0.39, 0.29) is 24.0 Å². The van der Waals surface area contributed by atoms with Gasteiger partial charge in [-0.2, -0.15) is 0 Å². The smallest absolute Gasteiger partial charge is 0.276 e. The molecule has 7 nitrogen and oxygen atoms in total. The molecule has 0 unspecified atom stereocenters. The van der Waals surface area contributed by atoms with Crippen molar-refractivity contribution in [1.82, 2.24) is 16.2 Å². The molecular weight excluding hydrogens is 458 g/mol. The van der Waals surface area contributed by atoms with Crippen molar-refractivity contribution >= 4 is 45.1 Å². The Bertz CT molecular complexity index is 875. The van der Waals surface area contributed by atoms with Gasteiger partial charge in [-0.25, -0.2) is 0 Å². The van der Waals surface area contributed by atoms with Crippen LogP contribution in [0.3, 0.4) is 0 Å². The second-order valence-electron chi connectivity index (χ2n) is 5.98. The van der Waals surface area contributed by atoms with E-state index in [1.165, 1.54) is 0 Å². The molecule has 154 valence electrons. The van der Waals surface area contributed by atoms with E-state index in [1.807, 2.05) is 12.1 Å². The van der Waals surface area contributed by atoms with E-state index in [1.54, 1.807) is 37.4 Å². The molecule has 0 heterocycles. The first-order valence-electron chi connectivity index (χ1n) is 8.84. The maximum absolute atomic E-state index is 12.0. The zero-order valence-corrected chi connectivity index (χ0v) is 18.5. The summed E-state index contributed by atoms with van der Waals surface area (Å²) in [5.74, 6) is 0.527. The fourth-order valence-electron chi connectivity index (χ4n) is 2.32. The first-order chi connectivity index (χ1) is 13.9. The number of carbonyl (C=O) groups is 2. The molecule has 2 rings (SSSR count). The number of nitrogens with one attached hydrogen (secondary N) is 3. The van der Waals surface area contributed by atoms with Gasteiger partial charge in [0.05, 0.1) is 18.0 Å². The minimum atomic E-state index is -0.441. The number of benzene rings is 2. The monoisotopic (exact) mass is 479 g/mol. The van der Waals surface area contributed by atoms with Crippen molar-refractivity contribution in [3.8, 4) is 11.5 Å². The van der Waals surface area contributed by atoms with Gasteiger partial charge in [-0.15, -0.1) is 0 Å². The van der Waals surface area contributed by atoms with Crippen LogP contribution in [0.15, 0.2) is 46.9 Å². The van der Waals surface area contributed by atoms with Crippen LogP contribution < -0.4 is 25.6 Å². The highest BCUT2D eigenvalue weighted by molar-refractivity contribution is 9.10. The third kappa shape index (κ3) is 7.71. The summed E-state index contributed by atoms with van der Waals surface area (Å²) in [5, 5.41) is 2.49. The molecule has 29 heavy (non-hydrogen) atoms. The third-order valence-electron chi connectivity index (χ3n) is 3.86. The van der Waals surface area contributed by atoms with Crippen LogP contribution in [-0.2, 0) is 22.4 Å². The van der Waals surface area contributed by atoms with Gasteiger partial charge in [0.15, 0.2) is 11.7 Å². The fourth-order valence-corrected chi connectivity index (χ4v) is 3.02. The number of aryl methyl sites for hydroxylation is 1. The predicted molar refractivity (Wildman–Crippen MR) is 118 cm³/mol. The Labute approximate surface area is 183 Å². The van der Waals surface area contributed by atoms with Gasteiger partial charge in [-0.1, -0.05) is 25.1 Å². The summed E-state index contributed by atoms with van der Waals surface area (Å²) in [6.07, 6.45) is 1.05. The molecule has 0 spiro atoms. The van der Waals surface area contributed by atoms with Crippen LogP contribution in [0.4, 0.5) is 0 Å². The molecule has 2 aromatic rings.